The van der Waals surface area contributed by atoms with E-state index in [2.05, 4.69) is 0 Å². The lowest BCUT2D eigenvalue weighted by molar-refractivity contribution is 0.467. The van der Waals surface area contributed by atoms with Crippen LogP contribution in [0.4, 0.5) is 8.78 Å². The Hall–Kier alpha value is -1.94. The monoisotopic (exact) mass is 249 g/mol. The lowest BCUT2D eigenvalue weighted by atomic mass is 10.2. The van der Waals surface area contributed by atoms with Gasteiger partial charge in [0, 0.05) is 18.7 Å². The second-order valence-corrected chi connectivity index (χ2v) is 4.01. The average Bonchev–Trinajstić information content (AvgIpc) is 2.33. The largest absolute Gasteiger partial charge is 0.457 e. The summed E-state index contributed by atoms with van der Waals surface area (Å²) in [5.41, 5.74) is 6.85. The van der Waals surface area contributed by atoms with Crippen molar-refractivity contribution >= 4 is 0 Å². The minimum absolute atomic E-state index is 0.219. The average molecular weight is 249 g/mol. The number of benzene rings is 2. The molecule has 0 unspecified atom stereocenters. The van der Waals surface area contributed by atoms with Crippen LogP contribution >= 0.6 is 0 Å². The molecule has 4 heteroatoms. The third kappa shape index (κ3) is 2.84. The molecule has 0 aromatic heterocycles. The fourth-order valence-electron chi connectivity index (χ4n) is 1.61. The van der Waals surface area contributed by atoms with E-state index in [1.165, 1.54) is 24.3 Å². The van der Waals surface area contributed by atoms with E-state index in [1.807, 2.05) is 0 Å². The van der Waals surface area contributed by atoms with Crippen LogP contribution in [0.2, 0.25) is 0 Å². The fourth-order valence-corrected chi connectivity index (χ4v) is 1.61. The van der Waals surface area contributed by atoms with Crippen LogP contribution in [-0.4, -0.2) is 0 Å². The number of aryl methyl sites for hydroxylation is 1. The molecule has 0 radical (unpaired) electrons. The van der Waals surface area contributed by atoms with E-state index in [4.69, 9.17) is 10.5 Å². The molecule has 0 spiro atoms. The lowest BCUT2D eigenvalue weighted by Crippen LogP contribution is -1.98. The van der Waals surface area contributed by atoms with Crippen LogP contribution < -0.4 is 10.5 Å². The molecule has 0 saturated carbocycles. The predicted molar refractivity (Wildman–Crippen MR) is 65.5 cm³/mol. The highest BCUT2D eigenvalue weighted by Crippen LogP contribution is 2.27. The number of hydrogen-bond donors (Lipinski definition) is 1. The second kappa shape index (κ2) is 5.14. The molecule has 0 amide bonds. The maximum absolute atomic E-state index is 13.3. The highest BCUT2D eigenvalue weighted by molar-refractivity contribution is 5.39. The van der Waals surface area contributed by atoms with Gasteiger partial charge in [-0.25, -0.2) is 8.78 Å². The van der Waals surface area contributed by atoms with Crippen LogP contribution in [0.15, 0.2) is 36.4 Å². The van der Waals surface area contributed by atoms with Gasteiger partial charge in [-0.05, 0) is 36.2 Å². The smallest absolute Gasteiger partial charge is 0.133 e. The van der Waals surface area contributed by atoms with Crippen molar-refractivity contribution < 1.29 is 13.5 Å². The Morgan fingerprint density at radius 2 is 1.83 bits per heavy atom. The summed E-state index contributed by atoms with van der Waals surface area (Å²) in [6.07, 6.45) is 0. The van der Waals surface area contributed by atoms with E-state index in [0.29, 0.717) is 17.1 Å². The molecule has 0 saturated heterocycles. The van der Waals surface area contributed by atoms with Gasteiger partial charge in [0.1, 0.15) is 23.1 Å². The summed E-state index contributed by atoms with van der Waals surface area (Å²) < 4.78 is 31.9. The van der Waals surface area contributed by atoms with E-state index < -0.39 is 11.6 Å². The minimum atomic E-state index is -0.429. The number of halogens is 2. The molecule has 2 N–H and O–H groups in total. The molecule has 0 heterocycles. The van der Waals surface area contributed by atoms with E-state index in [1.54, 1.807) is 19.1 Å². The number of hydrogen-bond acceptors (Lipinski definition) is 2. The molecule has 0 aliphatic rings. The Morgan fingerprint density at radius 1 is 1.06 bits per heavy atom. The van der Waals surface area contributed by atoms with Gasteiger partial charge in [0.25, 0.3) is 0 Å². The number of rotatable bonds is 3. The van der Waals surface area contributed by atoms with Gasteiger partial charge in [-0.15, -0.1) is 0 Å². The van der Waals surface area contributed by atoms with Gasteiger partial charge < -0.3 is 10.5 Å². The van der Waals surface area contributed by atoms with Crippen molar-refractivity contribution in [1.29, 1.82) is 0 Å². The molecule has 0 bridgehead atoms. The van der Waals surface area contributed by atoms with Gasteiger partial charge in [0.2, 0.25) is 0 Å². The Bertz CT molecular complexity index is 570. The third-order valence-corrected chi connectivity index (χ3v) is 2.54. The summed E-state index contributed by atoms with van der Waals surface area (Å²) in [6.45, 7) is 2.01. The molecule has 2 nitrogen and oxygen atoms in total. The summed E-state index contributed by atoms with van der Waals surface area (Å²) in [7, 11) is 0. The first kappa shape index (κ1) is 12.5. The van der Waals surface area contributed by atoms with Crippen molar-refractivity contribution in [2.24, 2.45) is 5.73 Å². The molecular formula is C14H13F2NO. The standard InChI is InChI=1S/C14H13F2NO/c1-9-2-3-11(15)7-14(9)18-13-5-10(8-17)4-12(16)6-13/h2-7H,8,17H2,1H3. The molecule has 0 fully saturated rings. The normalized spacial score (nSPS) is 10.4. The van der Waals surface area contributed by atoms with Crippen molar-refractivity contribution in [3.63, 3.8) is 0 Å². The van der Waals surface area contributed by atoms with Gasteiger partial charge >= 0.3 is 0 Å². The maximum atomic E-state index is 13.3. The van der Waals surface area contributed by atoms with E-state index in [0.717, 1.165) is 5.56 Å². The zero-order valence-corrected chi connectivity index (χ0v) is 9.91. The SMILES string of the molecule is Cc1ccc(F)cc1Oc1cc(F)cc(CN)c1. The van der Waals surface area contributed by atoms with E-state index in [-0.39, 0.29) is 6.54 Å². The summed E-state index contributed by atoms with van der Waals surface area (Å²) in [6, 6.07) is 8.43. The number of nitrogens with two attached hydrogens (primary N) is 1. The maximum Gasteiger partial charge on any atom is 0.133 e. The molecule has 0 aliphatic heterocycles. The zero-order valence-electron chi connectivity index (χ0n) is 9.91. The Balaban J connectivity index is 2.33. The first-order valence-electron chi connectivity index (χ1n) is 5.52. The molecule has 2 aromatic rings. The first-order chi connectivity index (χ1) is 8.58. The van der Waals surface area contributed by atoms with Gasteiger partial charge in [-0.3, -0.25) is 0 Å². The highest BCUT2D eigenvalue weighted by atomic mass is 19.1. The minimum Gasteiger partial charge on any atom is -0.457 e. The molecule has 2 rings (SSSR count). The van der Waals surface area contributed by atoms with Crippen molar-refractivity contribution in [3.05, 3.63) is 59.2 Å². The molecule has 94 valence electrons. The number of ether oxygens (including phenoxy) is 1. The zero-order chi connectivity index (χ0) is 13.1. The van der Waals surface area contributed by atoms with Crippen molar-refractivity contribution in [2.45, 2.75) is 13.5 Å². The van der Waals surface area contributed by atoms with Crippen LogP contribution in [0.3, 0.4) is 0 Å². The van der Waals surface area contributed by atoms with Crippen LogP contribution in [0.25, 0.3) is 0 Å². The fraction of sp³-hybridized carbons (Fsp3) is 0.143. The Labute approximate surface area is 104 Å². The topological polar surface area (TPSA) is 35.2 Å². The van der Waals surface area contributed by atoms with Gasteiger partial charge in [0.05, 0.1) is 0 Å². The summed E-state index contributed by atoms with van der Waals surface area (Å²) in [5, 5.41) is 0. The lowest BCUT2D eigenvalue weighted by Gasteiger charge is -2.10. The highest BCUT2D eigenvalue weighted by Gasteiger charge is 2.06. The quantitative estimate of drug-likeness (QED) is 0.903. The first-order valence-corrected chi connectivity index (χ1v) is 5.52. The Kier molecular flexibility index (Phi) is 3.58. The van der Waals surface area contributed by atoms with Crippen LogP contribution in [0, 0.1) is 18.6 Å². The van der Waals surface area contributed by atoms with Gasteiger partial charge in [-0.1, -0.05) is 6.07 Å². The van der Waals surface area contributed by atoms with E-state index in [9.17, 15) is 8.78 Å². The summed E-state index contributed by atoms with van der Waals surface area (Å²) in [4.78, 5) is 0. The van der Waals surface area contributed by atoms with Crippen molar-refractivity contribution in [1.82, 2.24) is 0 Å². The predicted octanol–water partition coefficient (Wildman–Crippen LogP) is 3.52. The van der Waals surface area contributed by atoms with Crippen LogP contribution in [0.1, 0.15) is 11.1 Å². The summed E-state index contributed by atoms with van der Waals surface area (Å²) >= 11 is 0. The van der Waals surface area contributed by atoms with Crippen LogP contribution in [0.5, 0.6) is 11.5 Å². The van der Waals surface area contributed by atoms with Crippen molar-refractivity contribution in [3.8, 4) is 11.5 Å². The van der Waals surface area contributed by atoms with Gasteiger partial charge in [-0.2, -0.15) is 0 Å². The second-order valence-electron chi connectivity index (χ2n) is 4.01. The molecule has 2 aromatic carbocycles. The van der Waals surface area contributed by atoms with E-state index >= 15 is 0 Å². The molecule has 0 atom stereocenters. The summed E-state index contributed by atoms with van der Waals surface area (Å²) in [5.74, 6) is -0.152. The Morgan fingerprint density at radius 3 is 2.56 bits per heavy atom. The van der Waals surface area contributed by atoms with Crippen molar-refractivity contribution in [2.75, 3.05) is 0 Å². The molecular weight excluding hydrogens is 236 g/mol. The molecule has 0 aliphatic carbocycles. The van der Waals surface area contributed by atoms with Gasteiger partial charge in [0.15, 0.2) is 0 Å². The van der Waals surface area contributed by atoms with Crippen LogP contribution in [-0.2, 0) is 6.54 Å². The third-order valence-electron chi connectivity index (χ3n) is 2.54. The molecule has 18 heavy (non-hydrogen) atoms.